The van der Waals surface area contributed by atoms with Gasteiger partial charge in [-0.25, -0.2) is 8.42 Å². The predicted octanol–water partition coefficient (Wildman–Crippen LogP) is 3.51. The molecule has 1 N–H and O–H groups in total. The van der Waals surface area contributed by atoms with Crippen molar-refractivity contribution in [3.05, 3.63) is 47.5 Å². The van der Waals surface area contributed by atoms with Gasteiger partial charge in [-0.15, -0.1) is 0 Å². The van der Waals surface area contributed by atoms with Crippen molar-refractivity contribution in [1.82, 2.24) is 0 Å². The molecule has 1 aliphatic heterocycles. The van der Waals surface area contributed by atoms with Gasteiger partial charge in [0.2, 0.25) is 0 Å². The van der Waals surface area contributed by atoms with Gasteiger partial charge in [0.05, 0.1) is 28.4 Å². The topological polar surface area (TPSA) is 58.6 Å². The molecule has 140 valence electrons. The van der Waals surface area contributed by atoms with E-state index in [0.29, 0.717) is 24.5 Å². The predicted molar refractivity (Wildman–Crippen MR) is 92.2 cm³/mol. The van der Waals surface area contributed by atoms with E-state index in [4.69, 9.17) is 4.74 Å². The highest BCUT2D eigenvalue weighted by molar-refractivity contribution is 7.92. The first-order chi connectivity index (χ1) is 12.1. The van der Waals surface area contributed by atoms with Gasteiger partial charge in [-0.05, 0) is 42.0 Å². The van der Waals surface area contributed by atoms with E-state index < -0.39 is 21.8 Å². The number of anilines is 2. The third kappa shape index (κ3) is 3.57. The quantitative estimate of drug-likeness (QED) is 0.874. The maximum Gasteiger partial charge on any atom is 0.416 e. The number of nitrogens with zero attached hydrogens (tertiary/aromatic N) is 1. The molecule has 0 spiro atoms. The Balaban J connectivity index is 2.01. The summed E-state index contributed by atoms with van der Waals surface area (Å²) in [5.41, 5.74) is 0.0144. The van der Waals surface area contributed by atoms with Crippen LogP contribution in [0.3, 0.4) is 0 Å². The summed E-state index contributed by atoms with van der Waals surface area (Å²) in [4.78, 5) is 1.51. The monoisotopic (exact) mass is 386 g/mol. The van der Waals surface area contributed by atoms with Gasteiger partial charge in [0, 0.05) is 20.5 Å². The highest BCUT2D eigenvalue weighted by Crippen LogP contribution is 2.36. The number of sulfonamides is 1. The molecule has 5 nitrogen and oxygen atoms in total. The number of halogens is 3. The molecular formula is C17H17F3N2O3S. The largest absolute Gasteiger partial charge is 0.493 e. The maximum absolute atomic E-state index is 13.0. The van der Waals surface area contributed by atoms with Gasteiger partial charge < -0.3 is 9.64 Å². The Morgan fingerprint density at radius 1 is 1.12 bits per heavy atom. The number of hydrogen-bond donors (Lipinski definition) is 1. The molecule has 9 heteroatoms. The third-order valence-corrected chi connectivity index (χ3v) is 5.38. The minimum Gasteiger partial charge on any atom is -0.493 e. The van der Waals surface area contributed by atoms with E-state index in [2.05, 4.69) is 4.72 Å². The van der Waals surface area contributed by atoms with E-state index >= 15 is 0 Å². The second kappa shape index (κ2) is 6.39. The standard InChI is InChI=1S/C17H17F3N2O3S/c1-22(2)15-5-3-12(17(18,19)20)10-14(15)21-26(23,24)13-4-6-16-11(9-13)7-8-25-16/h3-6,9-10,21H,7-8H2,1-2H3. The minimum absolute atomic E-state index is 0.0242. The molecule has 0 saturated heterocycles. The smallest absolute Gasteiger partial charge is 0.416 e. The number of fused-ring (bicyclic) bond motifs is 1. The Kier molecular flexibility index (Phi) is 4.51. The van der Waals surface area contributed by atoms with Crippen LogP contribution < -0.4 is 14.4 Å². The molecule has 0 bridgehead atoms. The van der Waals surface area contributed by atoms with E-state index in [1.807, 2.05) is 0 Å². The van der Waals surface area contributed by atoms with Crippen LogP contribution in [0, 0.1) is 0 Å². The van der Waals surface area contributed by atoms with Crippen molar-refractivity contribution in [1.29, 1.82) is 0 Å². The average Bonchev–Trinajstić information content (AvgIpc) is 3.00. The molecule has 3 rings (SSSR count). The van der Waals surface area contributed by atoms with Crippen LogP contribution in [0.1, 0.15) is 11.1 Å². The van der Waals surface area contributed by atoms with Gasteiger partial charge in [-0.2, -0.15) is 13.2 Å². The van der Waals surface area contributed by atoms with Crippen LogP contribution in [0.4, 0.5) is 24.5 Å². The zero-order valence-electron chi connectivity index (χ0n) is 14.1. The van der Waals surface area contributed by atoms with Crippen molar-refractivity contribution in [3.63, 3.8) is 0 Å². The van der Waals surface area contributed by atoms with Crippen molar-refractivity contribution in [2.24, 2.45) is 0 Å². The molecule has 0 saturated carbocycles. The van der Waals surface area contributed by atoms with Crippen LogP contribution in [-0.4, -0.2) is 29.1 Å². The molecule has 0 fully saturated rings. The summed E-state index contributed by atoms with van der Waals surface area (Å²) in [6.07, 6.45) is -3.98. The Morgan fingerprint density at radius 3 is 2.50 bits per heavy atom. The summed E-state index contributed by atoms with van der Waals surface area (Å²) in [6.45, 7) is 0.477. The first kappa shape index (κ1) is 18.4. The van der Waals surface area contributed by atoms with Crippen molar-refractivity contribution >= 4 is 21.4 Å². The molecule has 0 atom stereocenters. The van der Waals surface area contributed by atoms with E-state index in [-0.39, 0.29) is 10.6 Å². The molecule has 0 unspecified atom stereocenters. The van der Waals surface area contributed by atoms with Gasteiger partial charge in [-0.1, -0.05) is 0 Å². The van der Waals surface area contributed by atoms with Gasteiger partial charge in [0.15, 0.2) is 0 Å². The fourth-order valence-electron chi connectivity index (χ4n) is 2.72. The lowest BCUT2D eigenvalue weighted by Crippen LogP contribution is -2.18. The number of alkyl halides is 3. The molecule has 0 aromatic heterocycles. The highest BCUT2D eigenvalue weighted by atomic mass is 32.2. The summed E-state index contributed by atoms with van der Waals surface area (Å²) in [5.74, 6) is 0.622. The zero-order valence-corrected chi connectivity index (χ0v) is 14.9. The van der Waals surface area contributed by atoms with Crippen molar-refractivity contribution in [2.75, 3.05) is 30.3 Å². The van der Waals surface area contributed by atoms with Crippen LogP contribution in [0.2, 0.25) is 0 Å². The van der Waals surface area contributed by atoms with E-state index in [1.165, 1.54) is 23.1 Å². The SMILES string of the molecule is CN(C)c1ccc(C(F)(F)F)cc1NS(=O)(=O)c1ccc2c(c1)CCO2. The van der Waals surface area contributed by atoms with Gasteiger partial charge in [0.25, 0.3) is 10.0 Å². The Labute approximate surface area is 149 Å². The summed E-state index contributed by atoms with van der Waals surface area (Å²) >= 11 is 0. The normalized spacial score (nSPS) is 13.9. The lowest BCUT2D eigenvalue weighted by molar-refractivity contribution is -0.137. The van der Waals surface area contributed by atoms with Gasteiger partial charge >= 0.3 is 6.18 Å². The van der Waals surface area contributed by atoms with Crippen molar-refractivity contribution in [2.45, 2.75) is 17.5 Å². The number of benzene rings is 2. The molecule has 1 aliphatic rings. The summed E-state index contributed by atoms with van der Waals surface area (Å²) in [5, 5.41) is 0. The third-order valence-electron chi connectivity index (χ3n) is 4.02. The highest BCUT2D eigenvalue weighted by Gasteiger charge is 2.32. The number of nitrogens with one attached hydrogen (secondary N) is 1. The molecule has 0 aliphatic carbocycles. The van der Waals surface area contributed by atoms with E-state index in [1.54, 1.807) is 20.2 Å². The van der Waals surface area contributed by atoms with Crippen LogP contribution >= 0.6 is 0 Å². The lowest BCUT2D eigenvalue weighted by atomic mass is 10.1. The van der Waals surface area contributed by atoms with Crippen LogP contribution in [0.15, 0.2) is 41.3 Å². The fourth-order valence-corrected chi connectivity index (χ4v) is 3.83. The molecule has 0 amide bonds. The second-order valence-electron chi connectivity index (χ2n) is 6.10. The maximum atomic E-state index is 13.0. The summed E-state index contributed by atoms with van der Waals surface area (Å²) < 4.78 is 72.0. The molecule has 1 heterocycles. The minimum atomic E-state index is -4.57. The molecule has 26 heavy (non-hydrogen) atoms. The fraction of sp³-hybridized carbons (Fsp3) is 0.294. The molecular weight excluding hydrogens is 369 g/mol. The van der Waals surface area contributed by atoms with Crippen LogP contribution in [0.25, 0.3) is 0 Å². The Bertz CT molecular complexity index is 941. The second-order valence-corrected chi connectivity index (χ2v) is 7.78. The zero-order chi connectivity index (χ0) is 19.1. The Hall–Kier alpha value is -2.42. The number of hydrogen-bond acceptors (Lipinski definition) is 4. The summed E-state index contributed by atoms with van der Waals surface area (Å²) in [7, 11) is -0.816. The van der Waals surface area contributed by atoms with Crippen LogP contribution in [-0.2, 0) is 22.6 Å². The van der Waals surface area contributed by atoms with E-state index in [9.17, 15) is 21.6 Å². The van der Waals surface area contributed by atoms with Crippen LogP contribution in [0.5, 0.6) is 5.75 Å². The first-order valence-corrected chi connectivity index (χ1v) is 9.23. The number of rotatable bonds is 4. The molecule has 2 aromatic rings. The van der Waals surface area contributed by atoms with E-state index in [0.717, 1.165) is 17.7 Å². The molecule has 2 aromatic carbocycles. The van der Waals surface area contributed by atoms with Crippen molar-refractivity contribution < 1.29 is 26.3 Å². The average molecular weight is 386 g/mol. The summed E-state index contributed by atoms with van der Waals surface area (Å²) in [6, 6.07) is 7.35. The van der Waals surface area contributed by atoms with Gasteiger partial charge in [-0.3, -0.25) is 4.72 Å². The first-order valence-electron chi connectivity index (χ1n) is 7.75. The number of ether oxygens (including phenoxy) is 1. The Morgan fingerprint density at radius 2 is 1.85 bits per heavy atom. The lowest BCUT2D eigenvalue weighted by Gasteiger charge is -2.20. The van der Waals surface area contributed by atoms with Crippen molar-refractivity contribution in [3.8, 4) is 5.75 Å². The van der Waals surface area contributed by atoms with Gasteiger partial charge in [0.1, 0.15) is 5.75 Å². The molecule has 0 radical (unpaired) electrons.